The third kappa shape index (κ3) is 3.13. The SMILES string of the molecule is CC(C)(C)OC(=O)CC1NS(=O)(=O)c2ccccc21. The molecule has 1 aliphatic heterocycles. The van der Waals surface area contributed by atoms with E-state index >= 15 is 0 Å². The highest BCUT2D eigenvalue weighted by atomic mass is 32.2. The van der Waals surface area contributed by atoms with Crippen molar-refractivity contribution in [1.82, 2.24) is 4.72 Å². The van der Waals surface area contributed by atoms with E-state index in [-0.39, 0.29) is 11.3 Å². The van der Waals surface area contributed by atoms with E-state index in [1.807, 2.05) is 0 Å². The van der Waals surface area contributed by atoms with Gasteiger partial charge in [-0.1, -0.05) is 18.2 Å². The molecule has 0 aliphatic carbocycles. The monoisotopic (exact) mass is 283 g/mol. The van der Waals surface area contributed by atoms with Crippen LogP contribution < -0.4 is 4.72 Å². The topological polar surface area (TPSA) is 72.5 Å². The molecule has 1 unspecified atom stereocenters. The summed E-state index contributed by atoms with van der Waals surface area (Å²) < 4.78 is 31.4. The van der Waals surface area contributed by atoms with Crippen LogP contribution in [0.25, 0.3) is 0 Å². The minimum atomic E-state index is -3.50. The highest BCUT2D eigenvalue weighted by molar-refractivity contribution is 7.89. The normalized spacial score (nSPS) is 20.9. The van der Waals surface area contributed by atoms with Crippen LogP contribution in [0.1, 0.15) is 38.8 Å². The summed E-state index contributed by atoms with van der Waals surface area (Å²) in [5.74, 6) is -0.420. The molecule has 1 aromatic carbocycles. The van der Waals surface area contributed by atoms with Crippen molar-refractivity contribution >= 4 is 16.0 Å². The summed E-state index contributed by atoms with van der Waals surface area (Å²) in [5, 5.41) is 0. The second-order valence-corrected chi connectivity index (χ2v) is 7.18. The zero-order valence-corrected chi connectivity index (χ0v) is 12.0. The molecule has 19 heavy (non-hydrogen) atoms. The van der Waals surface area contributed by atoms with Crippen molar-refractivity contribution in [3.63, 3.8) is 0 Å². The van der Waals surface area contributed by atoms with Crippen molar-refractivity contribution in [1.29, 1.82) is 0 Å². The van der Waals surface area contributed by atoms with E-state index in [1.54, 1.807) is 39.0 Å². The summed E-state index contributed by atoms with van der Waals surface area (Å²) in [6, 6.07) is 6.11. The van der Waals surface area contributed by atoms with Crippen LogP contribution >= 0.6 is 0 Å². The Morgan fingerprint density at radius 2 is 1.95 bits per heavy atom. The Morgan fingerprint density at radius 1 is 1.32 bits per heavy atom. The fourth-order valence-electron chi connectivity index (χ4n) is 2.03. The lowest BCUT2D eigenvalue weighted by atomic mass is 10.0. The fourth-order valence-corrected chi connectivity index (χ4v) is 3.52. The quantitative estimate of drug-likeness (QED) is 0.839. The van der Waals surface area contributed by atoms with Gasteiger partial charge in [0.05, 0.1) is 17.4 Å². The lowest BCUT2D eigenvalue weighted by Gasteiger charge is -2.20. The van der Waals surface area contributed by atoms with Crippen LogP contribution in [0.3, 0.4) is 0 Å². The van der Waals surface area contributed by atoms with E-state index in [0.717, 1.165) is 0 Å². The van der Waals surface area contributed by atoms with E-state index in [2.05, 4.69) is 4.72 Å². The number of esters is 1. The van der Waals surface area contributed by atoms with Gasteiger partial charge >= 0.3 is 5.97 Å². The molecular formula is C13H17NO4S. The zero-order chi connectivity index (χ0) is 14.3. The molecule has 5 nitrogen and oxygen atoms in total. The van der Waals surface area contributed by atoms with Crippen LogP contribution in [0, 0.1) is 0 Å². The number of hydrogen-bond acceptors (Lipinski definition) is 4. The highest BCUT2D eigenvalue weighted by Crippen LogP contribution is 2.32. The Kier molecular flexibility index (Phi) is 3.40. The largest absolute Gasteiger partial charge is 0.460 e. The van der Waals surface area contributed by atoms with Crippen molar-refractivity contribution in [2.45, 2.75) is 43.7 Å². The van der Waals surface area contributed by atoms with Crippen LogP contribution in [0.4, 0.5) is 0 Å². The Balaban J connectivity index is 2.19. The molecule has 1 aliphatic rings. The third-order valence-electron chi connectivity index (χ3n) is 2.67. The number of ether oxygens (including phenoxy) is 1. The van der Waals surface area contributed by atoms with E-state index in [1.165, 1.54) is 6.07 Å². The second kappa shape index (κ2) is 4.61. The molecule has 0 amide bonds. The molecule has 0 spiro atoms. The molecule has 104 valence electrons. The summed E-state index contributed by atoms with van der Waals surface area (Å²) in [5.41, 5.74) is 0.0435. The molecule has 0 bridgehead atoms. The maximum atomic E-state index is 11.9. The van der Waals surface area contributed by atoms with Crippen molar-refractivity contribution in [3.8, 4) is 0 Å². The molecule has 0 saturated heterocycles. The highest BCUT2D eigenvalue weighted by Gasteiger charge is 2.35. The zero-order valence-electron chi connectivity index (χ0n) is 11.1. The maximum Gasteiger partial charge on any atom is 0.308 e. The number of carbonyl (C=O) groups is 1. The lowest BCUT2D eigenvalue weighted by Crippen LogP contribution is -2.28. The minimum absolute atomic E-state index is 0.00644. The van der Waals surface area contributed by atoms with Crippen molar-refractivity contribution in [3.05, 3.63) is 29.8 Å². The van der Waals surface area contributed by atoms with Gasteiger partial charge in [-0.2, -0.15) is 0 Å². The van der Waals surface area contributed by atoms with Crippen LogP contribution in [-0.4, -0.2) is 20.0 Å². The molecule has 1 heterocycles. The molecule has 0 aromatic heterocycles. The van der Waals surface area contributed by atoms with Crippen molar-refractivity contribution in [2.75, 3.05) is 0 Å². The molecule has 2 rings (SSSR count). The Labute approximate surface area is 113 Å². The van der Waals surface area contributed by atoms with Crippen molar-refractivity contribution in [2.24, 2.45) is 0 Å². The maximum absolute atomic E-state index is 11.9. The number of nitrogens with one attached hydrogen (secondary N) is 1. The average Bonchev–Trinajstić information content (AvgIpc) is 2.49. The number of hydrogen-bond donors (Lipinski definition) is 1. The van der Waals surface area contributed by atoms with E-state index in [9.17, 15) is 13.2 Å². The first-order chi connectivity index (χ1) is 8.69. The van der Waals surface area contributed by atoms with Gasteiger partial charge in [-0.15, -0.1) is 0 Å². The van der Waals surface area contributed by atoms with Gasteiger partial charge in [0.1, 0.15) is 5.60 Å². The van der Waals surface area contributed by atoms with Gasteiger partial charge in [-0.3, -0.25) is 4.79 Å². The molecule has 0 fully saturated rings. The third-order valence-corrected chi connectivity index (χ3v) is 4.22. The van der Waals surface area contributed by atoms with E-state index in [0.29, 0.717) is 5.56 Å². The van der Waals surface area contributed by atoms with Crippen LogP contribution in [-0.2, 0) is 19.6 Å². The molecule has 6 heteroatoms. The average molecular weight is 283 g/mol. The number of fused-ring (bicyclic) bond motifs is 1. The summed E-state index contributed by atoms with van der Waals surface area (Å²) in [7, 11) is -3.50. The smallest absolute Gasteiger partial charge is 0.308 e. The standard InChI is InChI=1S/C13H17NO4S/c1-13(2,3)18-12(15)8-10-9-6-4-5-7-11(9)19(16,17)14-10/h4-7,10,14H,8H2,1-3H3. The first-order valence-corrected chi connectivity index (χ1v) is 7.50. The summed E-state index contributed by atoms with van der Waals surface area (Å²) in [6.07, 6.45) is -0.00644. The van der Waals surface area contributed by atoms with Crippen LogP contribution in [0.15, 0.2) is 29.2 Å². The van der Waals surface area contributed by atoms with Gasteiger partial charge in [-0.25, -0.2) is 13.1 Å². The number of rotatable bonds is 2. The van der Waals surface area contributed by atoms with E-state index < -0.39 is 27.6 Å². The van der Waals surface area contributed by atoms with Gasteiger partial charge in [-0.05, 0) is 32.4 Å². The molecule has 0 radical (unpaired) electrons. The summed E-state index contributed by atoms with van der Waals surface area (Å²) in [6.45, 7) is 5.33. The number of carbonyl (C=O) groups excluding carboxylic acids is 1. The Morgan fingerprint density at radius 3 is 2.58 bits per heavy atom. The summed E-state index contributed by atoms with van der Waals surface area (Å²) in [4.78, 5) is 12.0. The fraction of sp³-hybridized carbons (Fsp3) is 0.462. The molecule has 1 aromatic rings. The van der Waals surface area contributed by atoms with Crippen LogP contribution in [0.5, 0.6) is 0 Å². The number of benzene rings is 1. The predicted molar refractivity (Wildman–Crippen MR) is 70.0 cm³/mol. The molecular weight excluding hydrogens is 266 g/mol. The molecule has 0 saturated carbocycles. The summed E-state index contributed by atoms with van der Waals surface area (Å²) >= 11 is 0. The first kappa shape index (κ1) is 14.0. The number of sulfonamides is 1. The Bertz CT molecular complexity index is 601. The van der Waals surface area contributed by atoms with Gasteiger partial charge in [0.15, 0.2) is 0 Å². The van der Waals surface area contributed by atoms with Gasteiger partial charge < -0.3 is 4.74 Å². The van der Waals surface area contributed by atoms with E-state index in [4.69, 9.17) is 4.74 Å². The second-order valence-electron chi connectivity index (χ2n) is 5.50. The van der Waals surface area contributed by atoms with Crippen LogP contribution in [0.2, 0.25) is 0 Å². The van der Waals surface area contributed by atoms with Crippen molar-refractivity contribution < 1.29 is 17.9 Å². The minimum Gasteiger partial charge on any atom is -0.460 e. The van der Waals surface area contributed by atoms with Gasteiger partial charge in [0.25, 0.3) is 0 Å². The molecule has 1 atom stereocenters. The predicted octanol–water partition coefficient (Wildman–Crippen LogP) is 1.75. The lowest BCUT2D eigenvalue weighted by molar-refractivity contribution is -0.155. The Hall–Kier alpha value is -1.40. The van der Waals surface area contributed by atoms with Gasteiger partial charge in [0.2, 0.25) is 10.0 Å². The molecule has 1 N–H and O–H groups in total. The van der Waals surface area contributed by atoms with Gasteiger partial charge in [0, 0.05) is 0 Å². The first-order valence-electron chi connectivity index (χ1n) is 6.02.